The second-order valence-corrected chi connectivity index (χ2v) is 6.81. The monoisotopic (exact) mass is 358 g/mol. The molecule has 2 heterocycles. The third kappa shape index (κ3) is 2.78. The lowest BCUT2D eigenvalue weighted by atomic mass is 10.1. The van der Waals surface area contributed by atoms with Gasteiger partial charge in [0.15, 0.2) is 0 Å². The largest absolute Gasteiger partial charge is 0.327 e. The van der Waals surface area contributed by atoms with Gasteiger partial charge in [0, 0.05) is 11.6 Å². The zero-order chi connectivity index (χ0) is 17.6. The molecule has 0 aliphatic carbocycles. The van der Waals surface area contributed by atoms with Crippen LogP contribution in [0.25, 0.3) is 0 Å². The summed E-state index contributed by atoms with van der Waals surface area (Å²) in [5, 5.41) is 0.463. The van der Waals surface area contributed by atoms with Crippen LogP contribution in [0.15, 0.2) is 42.5 Å². The Balaban J connectivity index is 1.81. The van der Waals surface area contributed by atoms with E-state index in [2.05, 4.69) is 0 Å². The zero-order valence-electron chi connectivity index (χ0n) is 13.4. The van der Waals surface area contributed by atoms with Crippen molar-refractivity contribution in [3.8, 4) is 0 Å². The van der Waals surface area contributed by atoms with Gasteiger partial charge in [-0.25, -0.2) is 4.39 Å². The van der Waals surface area contributed by atoms with Gasteiger partial charge < -0.3 is 9.80 Å². The SMILES string of the molecule is O=C1[C@@H]2CCCN2C(=O)c2ccc(Cl)cc2N1Cc1ccc(F)cc1. The predicted octanol–water partition coefficient (Wildman–Crippen LogP) is 3.63. The quantitative estimate of drug-likeness (QED) is 0.822. The molecule has 0 saturated carbocycles. The molecule has 1 fully saturated rings. The van der Waals surface area contributed by atoms with Crippen LogP contribution in [0.4, 0.5) is 10.1 Å². The van der Waals surface area contributed by atoms with E-state index in [4.69, 9.17) is 11.6 Å². The third-order valence-corrected chi connectivity index (χ3v) is 5.03. The molecule has 2 amide bonds. The van der Waals surface area contributed by atoms with Crippen molar-refractivity contribution < 1.29 is 14.0 Å². The first-order valence-corrected chi connectivity index (χ1v) is 8.59. The van der Waals surface area contributed by atoms with Gasteiger partial charge in [-0.1, -0.05) is 23.7 Å². The van der Waals surface area contributed by atoms with Crippen LogP contribution in [0, 0.1) is 5.82 Å². The van der Waals surface area contributed by atoms with Crippen LogP contribution in [0.2, 0.25) is 5.02 Å². The number of anilines is 1. The minimum Gasteiger partial charge on any atom is -0.327 e. The standard InChI is InChI=1S/C19H16ClFN2O2/c20-13-5-8-15-17(10-13)23(11-12-3-6-14(21)7-4-12)19(25)16-2-1-9-22(16)18(15)24/h3-8,10,16H,1-2,9,11H2/t16-/m0/s1. The highest BCUT2D eigenvalue weighted by Gasteiger charge is 2.41. The van der Waals surface area contributed by atoms with E-state index in [1.165, 1.54) is 12.1 Å². The molecule has 0 bridgehead atoms. The van der Waals surface area contributed by atoms with E-state index in [1.54, 1.807) is 40.1 Å². The van der Waals surface area contributed by atoms with E-state index in [0.29, 0.717) is 29.2 Å². The van der Waals surface area contributed by atoms with Gasteiger partial charge in [0.05, 0.1) is 17.8 Å². The number of carbonyl (C=O) groups is 2. The summed E-state index contributed by atoms with van der Waals surface area (Å²) in [5.74, 6) is -0.577. The van der Waals surface area contributed by atoms with Gasteiger partial charge in [-0.2, -0.15) is 0 Å². The van der Waals surface area contributed by atoms with E-state index < -0.39 is 6.04 Å². The van der Waals surface area contributed by atoms with Crippen molar-refractivity contribution >= 4 is 29.1 Å². The van der Waals surface area contributed by atoms with Gasteiger partial charge in [-0.3, -0.25) is 9.59 Å². The fraction of sp³-hybridized carbons (Fsp3) is 0.263. The molecule has 0 unspecified atom stereocenters. The summed E-state index contributed by atoms with van der Waals surface area (Å²) in [7, 11) is 0. The van der Waals surface area contributed by atoms with Crippen LogP contribution in [0.1, 0.15) is 28.8 Å². The lowest BCUT2D eigenvalue weighted by Crippen LogP contribution is -2.44. The summed E-state index contributed by atoms with van der Waals surface area (Å²) < 4.78 is 13.2. The maximum Gasteiger partial charge on any atom is 0.256 e. The molecule has 25 heavy (non-hydrogen) atoms. The lowest BCUT2D eigenvalue weighted by Gasteiger charge is -2.26. The summed E-state index contributed by atoms with van der Waals surface area (Å²) in [5.41, 5.74) is 1.78. The number of fused-ring (bicyclic) bond motifs is 2. The average molecular weight is 359 g/mol. The first-order valence-electron chi connectivity index (χ1n) is 8.21. The van der Waals surface area contributed by atoms with Gasteiger partial charge in [-0.15, -0.1) is 0 Å². The Labute approximate surface area is 149 Å². The Morgan fingerprint density at radius 3 is 2.64 bits per heavy atom. The number of amides is 2. The topological polar surface area (TPSA) is 40.6 Å². The normalized spacial score (nSPS) is 19.7. The number of benzene rings is 2. The fourth-order valence-corrected chi connectivity index (χ4v) is 3.73. The number of carbonyl (C=O) groups excluding carboxylic acids is 2. The minimum atomic E-state index is -0.445. The number of rotatable bonds is 2. The molecule has 1 atom stereocenters. The predicted molar refractivity (Wildman–Crippen MR) is 93.1 cm³/mol. The van der Waals surface area contributed by atoms with E-state index in [-0.39, 0.29) is 24.2 Å². The van der Waals surface area contributed by atoms with Crippen molar-refractivity contribution in [2.45, 2.75) is 25.4 Å². The van der Waals surface area contributed by atoms with Crippen LogP contribution in [-0.4, -0.2) is 29.3 Å². The average Bonchev–Trinajstić information content (AvgIpc) is 3.07. The molecular weight excluding hydrogens is 343 g/mol. The highest BCUT2D eigenvalue weighted by Crippen LogP contribution is 2.35. The van der Waals surface area contributed by atoms with Crippen LogP contribution < -0.4 is 4.90 Å². The third-order valence-electron chi connectivity index (χ3n) is 4.80. The molecule has 4 rings (SSSR count). The number of hydrogen-bond acceptors (Lipinski definition) is 2. The van der Waals surface area contributed by atoms with Crippen molar-refractivity contribution in [3.05, 3.63) is 64.4 Å². The summed E-state index contributed by atoms with van der Waals surface area (Å²) in [4.78, 5) is 29.3. The molecule has 4 nitrogen and oxygen atoms in total. The highest BCUT2D eigenvalue weighted by atomic mass is 35.5. The van der Waals surface area contributed by atoms with E-state index >= 15 is 0 Å². The second-order valence-electron chi connectivity index (χ2n) is 6.37. The maximum absolute atomic E-state index is 13.2. The van der Waals surface area contributed by atoms with E-state index in [0.717, 1.165) is 12.0 Å². The van der Waals surface area contributed by atoms with Crippen LogP contribution >= 0.6 is 11.6 Å². The molecule has 0 radical (unpaired) electrons. The molecule has 0 spiro atoms. The summed E-state index contributed by atoms with van der Waals surface area (Å²) in [6, 6.07) is 10.6. The molecule has 6 heteroatoms. The summed E-state index contributed by atoms with van der Waals surface area (Å²) in [6.45, 7) is 0.853. The van der Waals surface area contributed by atoms with E-state index in [9.17, 15) is 14.0 Å². The van der Waals surface area contributed by atoms with Crippen molar-refractivity contribution in [2.75, 3.05) is 11.4 Å². The summed E-state index contributed by atoms with van der Waals surface area (Å²) in [6.07, 6.45) is 1.47. The molecule has 0 N–H and O–H groups in total. The lowest BCUT2D eigenvalue weighted by molar-refractivity contribution is -0.122. The number of halogens is 2. The second kappa shape index (κ2) is 6.15. The molecule has 128 valence electrons. The Kier molecular flexibility index (Phi) is 3.96. The van der Waals surface area contributed by atoms with Gasteiger partial charge in [-0.05, 0) is 48.7 Å². The molecular formula is C19H16ClFN2O2. The van der Waals surface area contributed by atoms with Crippen molar-refractivity contribution in [1.29, 1.82) is 0 Å². The van der Waals surface area contributed by atoms with Crippen LogP contribution in [0.5, 0.6) is 0 Å². The molecule has 0 aromatic heterocycles. The Morgan fingerprint density at radius 1 is 1.12 bits per heavy atom. The fourth-order valence-electron chi connectivity index (χ4n) is 3.56. The van der Waals surface area contributed by atoms with Crippen molar-refractivity contribution in [2.24, 2.45) is 0 Å². The van der Waals surface area contributed by atoms with Gasteiger partial charge in [0.1, 0.15) is 11.9 Å². The first kappa shape index (κ1) is 16.1. The first-order chi connectivity index (χ1) is 12.0. The van der Waals surface area contributed by atoms with Crippen LogP contribution in [-0.2, 0) is 11.3 Å². The summed E-state index contributed by atoms with van der Waals surface area (Å²) >= 11 is 6.12. The number of nitrogens with zero attached hydrogens (tertiary/aromatic N) is 2. The number of hydrogen-bond donors (Lipinski definition) is 0. The Morgan fingerprint density at radius 2 is 1.88 bits per heavy atom. The minimum absolute atomic E-state index is 0.115. The molecule has 1 saturated heterocycles. The Hall–Kier alpha value is -2.40. The molecule has 2 aromatic rings. The van der Waals surface area contributed by atoms with E-state index in [1.807, 2.05) is 0 Å². The van der Waals surface area contributed by atoms with Gasteiger partial charge in [0.2, 0.25) is 5.91 Å². The van der Waals surface area contributed by atoms with Crippen molar-refractivity contribution in [1.82, 2.24) is 4.90 Å². The zero-order valence-corrected chi connectivity index (χ0v) is 14.2. The molecule has 2 aliphatic heterocycles. The highest BCUT2D eigenvalue weighted by molar-refractivity contribution is 6.31. The van der Waals surface area contributed by atoms with Crippen molar-refractivity contribution in [3.63, 3.8) is 0 Å². The van der Waals surface area contributed by atoms with Crippen LogP contribution in [0.3, 0.4) is 0 Å². The maximum atomic E-state index is 13.2. The smallest absolute Gasteiger partial charge is 0.256 e. The molecule has 2 aliphatic rings. The Bertz CT molecular complexity index is 853. The molecule has 2 aromatic carbocycles. The van der Waals surface area contributed by atoms with Gasteiger partial charge in [0.25, 0.3) is 5.91 Å². The van der Waals surface area contributed by atoms with Gasteiger partial charge >= 0.3 is 0 Å².